The molecule has 29 heavy (non-hydrogen) atoms. The Labute approximate surface area is 167 Å². The number of nitrogens with zero attached hydrogens (tertiary/aromatic N) is 1. The van der Waals surface area contributed by atoms with Gasteiger partial charge in [-0.05, 0) is 48.2 Å². The third-order valence-corrected chi connectivity index (χ3v) is 5.02. The Balaban J connectivity index is 1.80. The summed E-state index contributed by atoms with van der Waals surface area (Å²) in [4.78, 5) is 31.7. The second kappa shape index (κ2) is 7.87. The average Bonchev–Trinajstić information content (AvgIpc) is 3.08. The normalized spacial score (nSPS) is 13.1. The topological polar surface area (TPSA) is 84.1 Å². The number of methoxy groups -OCH3 is 1. The van der Waals surface area contributed by atoms with Crippen LogP contribution in [-0.4, -0.2) is 29.0 Å². The Morgan fingerprint density at radius 1 is 1.28 bits per heavy atom. The summed E-state index contributed by atoms with van der Waals surface area (Å²) in [6.45, 7) is 0. The number of hydrogen-bond donors (Lipinski definition) is 2. The number of aromatic amines is 1. The van der Waals surface area contributed by atoms with E-state index in [4.69, 9.17) is 0 Å². The molecule has 0 unspecified atom stereocenters. The van der Waals surface area contributed by atoms with Gasteiger partial charge >= 0.3 is 6.09 Å². The van der Waals surface area contributed by atoms with Crippen LogP contribution in [0.2, 0.25) is 0 Å². The van der Waals surface area contributed by atoms with Gasteiger partial charge in [0.25, 0.3) is 0 Å². The molecule has 1 aromatic carbocycles. The van der Waals surface area contributed by atoms with Crippen LogP contribution in [-0.2, 0) is 17.6 Å². The van der Waals surface area contributed by atoms with E-state index in [1.807, 2.05) is 6.07 Å². The fourth-order valence-corrected chi connectivity index (χ4v) is 3.76. The Bertz CT molecular complexity index is 1090. The summed E-state index contributed by atoms with van der Waals surface area (Å²) in [7, 11) is 1.28. The lowest BCUT2D eigenvalue weighted by molar-refractivity contribution is 0.0971. The molecule has 2 N–H and O–H groups in total. The van der Waals surface area contributed by atoms with E-state index in [0.717, 1.165) is 40.9 Å². The van der Waals surface area contributed by atoms with Crippen molar-refractivity contribution in [2.45, 2.75) is 25.7 Å². The quantitative estimate of drug-likeness (QED) is 0.683. The van der Waals surface area contributed by atoms with E-state index in [1.165, 1.54) is 19.2 Å². The van der Waals surface area contributed by atoms with Gasteiger partial charge in [-0.15, -0.1) is 0 Å². The first-order valence-electron chi connectivity index (χ1n) is 9.38. The first kappa shape index (κ1) is 18.9. The Hall–Kier alpha value is -3.48. The largest absolute Gasteiger partial charge is 0.453 e. The Morgan fingerprint density at radius 2 is 2.14 bits per heavy atom. The smallest absolute Gasteiger partial charge is 0.412 e. The van der Waals surface area contributed by atoms with Crippen molar-refractivity contribution in [1.82, 2.24) is 9.97 Å². The third-order valence-electron chi connectivity index (χ3n) is 5.02. The molecule has 1 amide bonds. The summed E-state index contributed by atoms with van der Waals surface area (Å²) >= 11 is 0. The number of rotatable bonds is 4. The predicted octanol–water partition coefficient (Wildman–Crippen LogP) is 4.50. The Morgan fingerprint density at radius 3 is 2.93 bits per heavy atom. The number of fused-ring (bicyclic) bond motifs is 1. The highest BCUT2D eigenvalue weighted by atomic mass is 19.1. The number of amides is 1. The summed E-state index contributed by atoms with van der Waals surface area (Å²) < 4.78 is 18.3. The third kappa shape index (κ3) is 3.89. The number of H-pyrrole nitrogens is 1. The van der Waals surface area contributed by atoms with Gasteiger partial charge in [0.15, 0.2) is 5.78 Å². The van der Waals surface area contributed by atoms with Crippen LogP contribution in [0.15, 0.2) is 42.6 Å². The molecule has 2 aromatic heterocycles. The molecule has 1 aliphatic rings. The van der Waals surface area contributed by atoms with E-state index >= 15 is 0 Å². The molecule has 0 bridgehead atoms. The molecule has 0 fully saturated rings. The minimum absolute atomic E-state index is 0.0992. The number of pyridine rings is 1. The van der Waals surface area contributed by atoms with Crippen LogP contribution in [0, 0.1) is 5.82 Å². The predicted molar refractivity (Wildman–Crippen MR) is 107 cm³/mol. The maximum Gasteiger partial charge on any atom is 0.412 e. The number of carbonyl (C=O) groups excluding carboxylic acids is 2. The van der Waals surface area contributed by atoms with E-state index < -0.39 is 6.09 Å². The number of ketones is 1. The van der Waals surface area contributed by atoms with E-state index in [-0.39, 0.29) is 11.6 Å². The van der Waals surface area contributed by atoms with Crippen molar-refractivity contribution in [1.29, 1.82) is 0 Å². The molecule has 0 saturated heterocycles. The lowest BCUT2D eigenvalue weighted by Crippen LogP contribution is -2.12. The van der Waals surface area contributed by atoms with Gasteiger partial charge in [0.1, 0.15) is 11.6 Å². The van der Waals surface area contributed by atoms with Crippen LogP contribution in [0.1, 0.15) is 40.0 Å². The summed E-state index contributed by atoms with van der Waals surface area (Å²) in [6.07, 6.45) is 3.48. The zero-order chi connectivity index (χ0) is 20.4. The molecule has 3 aromatic rings. The molecular weight excluding hydrogens is 373 g/mol. The molecule has 1 aliphatic carbocycles. The number of anilines is 1. The number of Topliss-reactive ketones (excluding diaryl/α,β-unsaturated/α-hetero) is 1. The summed E-state index contributed by atoms with van der Waals surface area (Å²) in [5.74, 6) is 0.125. The number of aromatic nitrogens is 2. The molecule has 0 aliphatic heterocycles. The van der Waals surface area contributed by atoms with Crippen molar-refractivity contribution < 1.29 is 18.7 Å². The van der Waals surface area contributed by atoms with Crippen LogP contribution in [0.25, 0.3) is 11.3 Å². The lowest BCUT2D eigenvalue weighted by atomic mass is 9.89. The van der Waals surface area contributed by atoms with Gasteiger partial charge in [0, 0.05) is 35.9 Å². The molecule has 148 valence electrons. The van der Waals surface area contributed by atoms with Crippen LogP contribution < -0.4 is 5.32 Å². The molecule has 6 nitrogen and oxygen atoms in total. The monoisotopic (exact) mass is 393 g/mol. The van der Waals surface area contributed by atoms with Crippen LogP contribution in [0.3, 0.4) is 0 Å². The van der Waals surface area contributed by atoms with Crippen molar-refractivity contribution in [2.24, 2.45) is 0 Å². The average molecular weight is 393 g/mol. The number of carbonyl (C=O) groups is 2. The van der Waals surface area contributed by atoms with Gasteiger partial charge in [-0.25, -0.2) is 14.2 Å². The van der Waals surface area contributed by atoms with Crippen molar-refractivity contribution in [3.8, 4) is 11.3 Å². The molecule has 4 rings (SSSR count). The van der Waals surface area contributed by atoms with Gasteiger partial charge in [-0.2, -0.15) is 0 Å². The molecule has 0 spiro atoms. The number of halogens is 1. The molecule has 2 heterocycles. The highest BCUT2D eigenvalue weighted by Gasteiger charge is 2.26. The molecule has 0 atom stereocenters. The van der Waals surface area contributed by atoms with Crippen LogP contribution in [0.5, 0.6) is 0 Å². The van der Waals surface area contributed by atoms with Crippen molar-refractivity contribution >= 4 is 17.7 Å². The summed E-state index contributed by atoms with van der Waals surface area (Å²) in [6, 6.07) is 9.91. The lowest BCUT2D eigenvalue weighted by Gasteiger charge is -2.12. The van der Waals surface area contributed by atoms with Gasteiger partial charge in [0.05, 0.1) is 12.8 Å². The highest BCUT2D eigenvalue weighted by Crippen LogP contribution is 2.35. The Kier molecular flexibility index (Phi) is 5.12. The van der Waals surface area contributed by atoms with E-state index in [2.05, 4.69) is 20.0 Å². The van der Waals surface area contributed by atoms with Crippen molar-refractivity contribution in [3.05, 3.63) is 70.8 Å². The number of aryl methyl sites for hydroxylation is 1. The first-order valence-corrected chi connectivity index (χ1v) is 9.38. The van der Waals surface area contributed by atoms with Gasteiger partial charge in [-0.3, -0.25) is 10.1 Å². The van der Waals surface area contributed by atoms with E-state index in [9.17, 15) is 14.0 Å². The minimum Gasteiger partial charge on any atom is -0.453 e. The maximum absolute atomic E-state index is 13.7. The van der Waals surface area contributed by atoms with Crippen LogP contribution in [0.4, 0.5) is 15.0 Å². The molecular formula is C22H20FN3O3. The molecule has 0 saturated carbocycles. The number of hydrogen-bond acceptors (Lipinski definition) is 4. The fraction of sp³-hybridized carbons (Fsp3) is 0.227. The zero-order valence-corrected chi connectivity index (χ0v) is 15.9. The minimum atomic E-state index is -0.615. The van der Waals surface area contributed by atoms with Gasteiger partial charge in [0.2, 0.25) is 0 Å². The van der Waals surface area contributed by atoms with E-state index in [0.29, 0.717) is 24.2 Å². The standard InChI is InChI=1S/C22H20FN3O3/c1-29-22(28)26-19-12-14(8-9-24-19)21-16(11-13-4-2-5-15(23)10-13)20-17(25-21)6-3-7-18(20)27/h2,4-5,8-10,12,25H,3,6-7,11H2,1H3,(H,24,26,28). The van der Waals surface area contributed by atoms with Gasteiger partial charge in [-0.1, -0.05) is 12.1 Å². The summed E-state index contributed by atoms with van der Waals surface area (Å²) in [5.41, 5.74) is 4.79. The second-order valence-corrected chi connectivity index (χ2v) is 6.96. The number of ether oxygens (including phenoxy) is 1. The summed E-state index contributed by atoms with van der Waals surface area (Å²) in [5, 5.41) is 2.55. The van der Waals surface area contributed by atoms with Gasteiger partial charge < -0.3 is 9.72 Å². The molecule has 7 heteroatoms. The fourth-order valence-electron chi connectivity index (χ4n) is 3.76. The van der Waals surface area contributed by atoms with Crippen LogP contribution >= 0.6 is 0 Å². The SMILES string of the molecule is COC(=O)Nc1cc(-c2[nH]c3c(c2Cc2cccc(F)c2)C(=O)CCC3)ccn1. The van der Waals surface area contributed by atoms with Crippen molar-refractivity contribution in [3.63, 3.8) is 0 Å². The van der Waals surface area contributed by atoms with Crippen molar-refractivity contribution in [2.75, 3.05) is 12.4 Å². The second-order valence-electron chi connectivity index (χ2n) is 6.96. The highest BCUT2D eigenvalue weighted by molar-refractivity contribution is 6.01. The number of nitrogens with one attached hydrogen (secondary N) is 2. The maximum atomic E-state index is 13.7. The number of benzene rings is 1. The van der Waals surface area contributed by atoms with E-state index in [1.54, 1.807) is 24.4 Å². The first-order chi connectivity index (χ1) is 14.0. The molecule has 0 radical (unpaired) electrons. The zero-order valence-electron chi connectivity index (χ0n) is 15.9.